The third kappa shape index (κ3) is 3.41. The van der Waals surface area contributed by atoms with E-state index in [2.05, 4.69) is 15.9 Å². The maximum atomic E-state index is 12.0. The molecule has 1 aromatic carbocycles. The van der Waals surface area contributed by atoms with Crippen LogP contribution in [0.2, 0.25) is 0 Å². The number of halogens is 4. The van der Waals surface area contributed by atoms with E-state index in [0.29, 0.717) is 4.47 Å². The molecule has 1 rings (SSSR count). The van der Waals surface area contributed by atoms with Crippen LogP contribution in [0.4, 0.5) is 24.5 Å². The molecule has 0 saturated heterocycles. The van der Waals surface area contributed by atoms with Crippen LogP contribution in [0.25, 0.3) is 0 Å². The Morgan fingerprint density at radius 1 is 1.41 bits per heavy atom. The molecule has 9 heteroatoms. The van der Waals surface area contributed by atoms with Crippen molar-refractivity contribution in [1.29, 1.82) is 0 Å². The normalized spacial score (nSPS) is 11.1. The van der Waals surface area contributed by atoms with Crippen molar-refractivity contribution in [3.8, 4) is 0 Å². The van der Waals surface area contributed by atoms with Crippen molar-refractivity contribution in [2.45, 2.75) is 6.18 Å². The average Bonchev–Trinajstić information content (AvgIpc) is 2.18. The van der Waals surface area contributed by atoms with Gasteiger partial charge in [-0.3, -0.25) is 14.9 Å². The minimum absolute atomic E-state index is 0.314. The lowest BCUT2D eigenvalue weighted by Gasteiger charge is -2.08. The molecule has 0 spiro atoms. The van der Waals surface area contributed by atoms with Gasteiger partial charge in [0.2, 0.25) is 0 Å². The molecule has 92 valence electrons. The number of amides is 1. The molecule has 0 fully saturated rings. The molecule has 0 aliphatic heterocycles. The largest absolute Gasteiger partial charge is 0.471 e. The Morgan fingerprint density at radius 3 is 2.47 bits per heavy atom. The molecule has 0 radical (unpaired) electrons. The fraction of sp³-hybridized carbons (Fsp3) is 0.125. The van der Waals surface area contributed by atoms with Crippen LogP contribution in [0.15, 0.2) is 22.7 Å². The molecule has 0 atom stereocenters. The van der Waals surface area contributed by atoms with Crippen molar-refractivity contribution >= 4 is 33.2 Å². The number of benzene rings is 1. The van der Waals surface area contributed by atoms with Crippen molar-refractivity contribution in [1.82, 2.24) is 0 Å². The van der Waals surface area contributed by atoms with E-state index >= 15 is 0 Å². The lowest BCUT2D eigenvalue weighted by atomic mass is 10.2. The van der Waals surface area contributed by atoms with Gasteiger partial charge >= 0.3 is 12.1 Å². The maximum Gasteiger partial charge on any atom is 0.471 e. The van der Waals surface area contributed by atoms with Crippen LogP contribution >= 0.6 is 15.9 Å². The van der Waals surface area contributed by atoms with Crippen LogP contribution in [-0.4, -0.2) is 17.0 Å². The molecular formula is C8H4BrF3N2O3. The van der Waals surface area contributed by atoms with Crippen LogP contribution < -0.4 is 5.32 Å². The second-order valence-electron chi connectivity index (χ2n) is 2.87. The van der Waals surface area contributed by atoms with Gasteiger partial charge in [-0.1, -0.05) is 15.9 Å². The summed E-state index contributed by atoms with van der Waals surface area (Å²) in [5.41, 5.74) is -1.14. The summed E-state index contributed by atoms with van der Waals surface area (Å²) in [6.45, 7) is 0. The molecule has 0 aliphatic rings. The minimum Gasteiger partial charge on any atom is -0.312 e. The third-order valence-electron chi connectivity index (χ3n) is 1.66. The molecule has 5 nitrogen and oxygen atoms in total. The third-order valence-corrected chi connectivity index (χ3v) is 2.16. The summed E-state index contributed by atoms with van der Waals surface area (Å²) < 4.78 is 36.2. The smallest absolute Gasteiger partial charge is 0.312 e. The Bertz CT molecular complexity index is 476. The number of nitrogens with one attached hydrogen (secondary N) is 1. The molecule has 0 aromatic heterocycles. The number of hydrogen-bond donors (Lipinski definition) is 1. The van der Waals surface area contributed by atoms with E-state index in [1.54, 1.807) is 0 Å². The van der Waals surface area contributed by atoms with E-state index < -0.39 is 28.4 Å². The highest BCUT2D eigenvalue weighted by Crippen LogP contribution is 2.29. The van der Waals surface area contributed by atoms with Crippen molar-refractivity contribution in [3.05, 3.63) is 32.8 Å². The monoisotopic (exact) mass is 312 g/mol. The first-order chi connectivity index (χ1) is 7.71. The number of nitro groups is 1. The van der Waals surface area contributed by atoms with Gasteiger partial charge in [-0.15, -0.1) is 0 Å². The van der Waals surface area contributed by atoms with Crippen LogP contribution in [0, 0.1) is 10.1 Å². The predicted octanol–water partition coefficient (Wildman–Crippen LogP) is 2.86. The average molecular weight is 313 g/mol. The highest BCUT2D eigenvalue weighted by atomic mass is 79.9. The Labute approximate surface area is 101 Å². The van der Waals surface area contributed by atoms with Gasteiger partial charge in [-0.2, -0.15) is 13.2 Å². The second kappa shape index (κ2) is 4.70. The number of hydrogen-bond acceptors (Lipinski definition) is 3. The van der Waals surface area contributed by atoms with Gasteiger partial charge in [0.05, 0.1) is 4.92 Å². The first kappa shape index (κ1) is 13.4. The summed E-state index contributed by atoms with van der Waals surface area (Å²) in [5, 5.41) is 12.0. The van der Waals surface area contributed by atoms with Gasteiger partial charge in [-0.05, 0) is 12.1 Å². The highest BCUT2D eigenvalue weighted by Gasteiger charge is 2.39. The Kier molecular flexibility index (Phi) is 3.71. The fourth-order valence-corrected chi connectivity index (χ4v) is 1.30. The van der Waals surface area contributed by atoms with E-state index in [1.165, 1.54) is 11.4 Å². The lowest BCUT2D eigenvalue weighted by Crippen LogP contribution is -2.30. The Balaban J connectivity index is 3.07. The number of nitro benzene ring substituents is 1. The van der Waals surface area contributed by atoms with Gasteiger partial charge in [0.15, 0.2) is 0 Å². The first-order valence-electron chi connectivity index (χ1n) is 4.04. The molecule has 1 aromatic rings. The summed E-state index contributed by atoms with van der Waals surface area (Å²) in [7, 11) is 0. The van der Waals surface area contributed by atoms with Crippen LogP contribution in [-0.2, 0) is 4.79 Å². The quantitative estimate of drug-likeness (QED) is 0.674. The molecule has 0 saturated carbocycles. The van der Waals surface area contributed by atoms with Gasteiger partial charge in [-0.25, -0.2) is 0 Å². The highest BCUT2D eigenvalue weighted by molar-refractivity contribution is 9.10. The molecular weight excluding hydrogens is 309 g/mol. The fourth-order valence-electron chi connectivity index (χ4n) is 0.955. The van der Waals surface area contributed by atoms with Crippen LogP contribution in [0.1, 0.15) is 0 Å². The molecule has 0 bridgehead atoms. The minimum atomic E-state index is -5.10. The zero-order valence-electron chi connectivity index (χ0n) is 7.92. The lowest BCUT2D eigenvalue weighted by molar-refractivity contribution is -0.384. The summed E-state index contributed by atoms with van der Waals surface area (Å²) in [6, 6.07) is 3.27. The van der Waals surface area contributed by atoms with Crippen molar-refractivity contribution < 1.29 is 22.9 Å². The summed E-state index contributed by atoms with van der Waals surface area (Å²) in [6.07, 6.45) is -5.10. The van der Waals surface area contributed by atoms with Crippen LogP contribution in [0.5, 0.6) is 0 Å². The number of anilines is 1. The van der Waals surface area contributed by atoms with E-state index in [4.69, 9.17) is 0 Å². The Hall–Kier alpha value is -1.64. The second-order valence-corrected chi connectivity index (χ2v) is 3.79. The molecule has 1 N–H and O–H groups in total. The van der Waals surface area contributed by atoms with E-state index in [9.17, 15) is 28.1 Å². The van der Waals surface area contributed by atoms with E-state index in [1.807, 2.05) is 0 Å². The van der Waals surface area contributed by atoms with E-state index in [0.717, 1.165) is 12.1 Å². The summed E-state index contributed by atoms with van der Waals surface area (Å²) in [4.78, 5) is 20.3. The Morgan fingerprint density at radius 2 is 2.00 bits per heavy atom. The molecule has 0 aliphatic carbocycles. The molecule has 0 heterocycles. The maximum absolute atomic E-state index is 12.0. The summed E-state index contributed by atoms with van der Waals surface area (Å²) in [5.74, 6) is -2.26. The SMILES string of the molecule is O=C(Nc1ccc(Br)cc1[N+](=O)[O-])C(F)(F)F. The standard InChI is InChI=1S/C8H4BrF3N2O3/c9-4-1-2-5(6(3-4)14(16)17)13-7(15)8(10,11)12/h1-3H,(H,13,15). The molecule has 0 unspecified atom stereocenters. The van der Waals surface area contributed by atoms with Crippen LogP contribution in [0.3, 0.4) is 0 Å². The number of carbonyl (C=O) groups excluding carboxylic acids is 1. The van der Waals surface area contributed by atoms with Gasteiger partial charge in [0, 0.05) is 10.5 Å². The number of nitrogens with zero attached hydrogens (tertiary/aromatic N) is 1. The molecule has 1 amide bonds. The first-order valence-corrected chi connectivity index (χ1v) is 4.83. The number of rotatable bonds is 2. The van der Waals surface area contributed by atoms with Crippen molar-refractivity contribution in [2.75, 3.05) is 5.32 Å². The molecule has 17 heavy (non-hydrogen) atoms. The van der Waals surface area contributed by atoms with E-state index in [-0.39, 0.29) is 0 Å². The predicted molar refractivity (Wildman–Crippen MR) is 55.5 cm³/mol. The van der Waals surface area contributed by atoms with Crippen molar-refractivity contribution in [2.24, 2.45) is 0 Å². The number of carbonyl (C=O) groups is 1. The summed E-state index contributed by atoms with van der Waals surface area (Å²) >= 11 is 2.93. The zero-order valence-corrected chi connectivity index (χ0v) is 9.50. The van der Waals surface area contributed by atoms with Gasteiger partial charge in [0.1, 0.15) is 5.69 Å². The number of alkyl halides is 3. The van der Waals surface area contributed by atoms with Gasteiger partial charge in [0.25, 0.3) is 5.69 Å². The topological polar surface area (TPSA) is 72.2 Å². The van der Waals surface area contributed by atoms with Gasteiger partial charge < -0.3 is 5.32 Å². The van der Waals surface area contributed by atoms with Crippen molar-refractivity contribution in [3.63, 3.8) is 0 Å². The zero-order chi connectivity index (χ0) is 13.2.